The van der Waals surface area contributed by atoms with Crippen LogP contribution in [0, 0.1) is 5.92 Å². The molecule has 16 heavy (non-hydrogen) atoms. The highest BCUT2D eigenvalue weighted by Gasteiger charge is 2.24. The van der Waals surface area contributed by atoms with E-state index in [-0.39, 0.29) is 23.8 Å². The molecule has 0 aromatic carbocycles. The topological polar surface area (TPSA) is 58.2 Å². The average Bonchev–Trinajstić information content (AvgIpc) is 2.33. The number of nitrogens with one attached hydrogen (secondary N) is 2. The van der Waals surface area contributed by atoms with Gasteiger partial charge >= 0.3 is 0 Å². The van der Waals surface area contributed by atoms with Crippen molar-refractivity contribution in [3.8, 4) is 0 Å². The summed E-state index contributed by atoms with van der Waals surface area (Å²) in [6.45, 7) is 0.577. The number of amides is 2. The summed E-state index contributed by atoms with van der Waals surface area (Å²) >= 11 is 0. The molecule has 2 unspecified atom stereocenters. The Morgan fingerprint density at radius 3 is 2.88 bits per heavy atom. The lowest BCUT2D eigenvalue weighted by molar-refractivity contribution is -0.128. The van der Waals surface area contributed by atoms with Crippen LogP contribution in [0.1, 0.15) is 32.1 Å². The number of carbonyl (C=O) groups is 2. The minimum Gasteiger partial charge on any atom is -0.354 e. The van der Waals surface area contributed by atoms with E-state index in [1.807, 2.05) is 0 Å². The van der Waals surface area contributed by atoms with Crippen molar-refractivity contribution in [3.63, 3.8) is 0 Å². The highest BCUT2D eigenvalue weighted by molar-refractivity contribution is 5.80. The van der Waals surface area contributed by atoms with Crippen molar-refractivity contribution < 1.29 is 9.59 Å². The van der Waals surface area contributed by atoms with Gasteiger partial charge in [-0.2, -0.15) is 0 Å². The van der Waals surface area contributed by atoms with E-state index < -0.39 is 0 Å². The van der Waals surface area contributed by atoms with Crippen molar-refractivity contribution in [2.45, 2.75) is 38.1 Å². The van der Waals surface area contributed by atoms with Crippen molar-refractivity contribution in [1.82, 2.24) is 10.6 Å². The Morgan fingerprint density at radius 1 is 1.38 bits per heavy atom. The van der Waals surface area contributed by atoms with E-state index in [0.717, 1.165) is 25.7 Å². The first kappa shape index (κ1) is 11.2. The molecule has 2 atom stereocenters. The molecule has 0 saturated carbocycles. The number of piperidine rings is 1. The maximum Gasteiger partial charge on any atom is 0.223 e. The van der Waals surface area contributed by atoms with E-state index in [1.165, 1.54) is 0 Å². The Hall–Kier alpha value is -1.32. The minimum absolute atomic E-state index is 0.0890. The van der Waals surface area contributed by atoms with Gasteiger partial charge in [0.2, 0.25) is 11.8 Å². The third kappa shape index (κ3) is 2.84. The van der Waals surface area contributed by atoms with Gasteiger partial charge in [0.25, 0.3) is 0 Å². The van der Waals surface area contributed by atoms with Crippen LogP contribution in [-0.2, 0) is 9.59 Å². The van der Waals surface area contributed by atoms with E-state index in [4.69, 9.17) is 0 Å². The monoisotopic (exact) mass is 222 g/mol. The fourth-order valence-electron chi connectivity index (χ4n) is 2.21. The lowest BCUT2D eigenvalue weighted by atomic mass is 9.93. The van der Waals surface area contributed by atoms with Gasteiger partial charge in [-0.25, -0.2) is 0 Å². The number of carbonyl (C=O) groups excluding carboxylic acids is 2. The molecule has 2 N–H and O–H groups in total. The molecule has 0 radical (unpaired) electrons. The van der Waals surface area contributed by atoms with Crippen LogP contribution in [0.3, 0.4) is 0 Å². The number of allylic oxidation sites excluding steroid dienone is 2. The molecule has 1 saturated heterocycles. The highest BCUT2D eigenvalue weighted by atomic mass is 16.2. The zero-order valence-electron chi connectivity index (χ0n) is 9.37. The molecule has 1 fully saturated rings. The predicted octanol–water partition coefficient (Wildman–Crippen LogP) is 0.738. The van der Waals surface area contributed by atoms with E-state index in [2.05, 4.69) is 22.8 Å². The van der Waals surface area contributed by atoms with Crippen LogP contribution < -0.4 is 10.6 Å². The minimum atomic E-state index is 0.0890. The van der Waals surface area contributed by atoms with E-state index in [9.17, 15) is 9.59 Å². The fraction of sp³-hybridized carbons (Fsp3) is 0.667. The Labute approximate surface area is 95.5 Å². The molecule has 4 nitrogen and oxygen atoms in total. The molecule has 2 aliphatic rings. The maximum atomic E-state index is 11.9. The van der Waals surface area contributed by atoms with Crippen molar-refractivity contribution in [3.05, 3.63) is 12.2 Å². The van der Waals surface area contributed by atoms with Gasteiger partial charge in [0, 0.05) is 24.9 Å². The van der Waals surface area contributed by atoms with Crippen LogP contribution in [0.2, 0.25) is 0 Å². The van der Waals surface area contributed by atoms with Gasteiger partial charge in [-0.05, 0) is 25.7 Å². The highest BCUT2D eigenvalue weighted by Crippen LogP contribution is 2.18. The first-order valence-corrected chi connectivity index (χ1v) is 5.98. The number of hydrogen-bond acceptors (Lipinski definition) is 2. The largest absolute Gasteiger partial charge is 0.354 e. The Balaban J connectivity index is 1.78. The van der Waals surface area contributed by atoms with Gasteiger partial charge in [0.15, 0.2) is 0 Å². The van der Waals surface area contributed by atoms with Crippen LogP contribution in [0.5, 0.6) is 0 Å². The van der Waals surface area contributed by atoms with Crippen molar-refractivity contribution >= 4 is 11.8 Å². The third-order valence-corrected chi connectivity index (χ3v) is 3.25. The van der Waals surface area contributed by atoms with E-state index >= 15 is 0 Å². The summed E-state index contributed by atoms with van der Waals surface area (Å²) in [4.78, 5) is 22.9. The van der Waals surface area contributed by atoms with Crippen LogP contribution in [0.15, 0.2) is 12.2 Å². The van der Waals surface area contributed by atoms with Gasteiger partial charge in [-0.3, -0.25) is 9.59 Å². The Bertz CT molecular complexity index is 302. The lowest BCUT2D eigenvalue weighted by Gasteiger charge is -2.26. The van der Waals surface area contributed by atoms with Crippen LogP contribution in [0.4, 0.5) is 0 Å². The molecule has 2 amide bonds. The molecule has 0 spiro atoms. The predicted molar refractivity (Wildman–Crippen MR) is 60.7 cm³/mol. The van der Waals surface area contributed by atoms with Gasteiger partial charge in [0.05, 0.1) is 0 Å². The van der Waals surface area contributed by atoms with Gasteiger partial charge < -0.3 is 10.6 Å². The van der Waals surface area contributed by atoms with Gasteiger partial charge in [0.1, 0.15) is 0 Å². The first-order valence-electron chi connectivity index (χ1n) is 5.98. The molecule has 88 valence electrons. The summed E-state index contributed by atoms with van der Waals surface area (Å²) in [7, 11) is 0. The summed E-state index contributed by atoms with van der Waals surface area (Å²) in [6, 6.07) is 0.121. The Morgan fingerprint density at radius 2 is 2.25 bits per heavy atom. The van der Waals surface area contributed by atoms with Crippen molar-refractivity contribution in [2.24, 2.45) is 5.92 Å². The molecule has 1 heterocycles. The maximum absolute atomic E-state index is 11.9. The second-order valence-electron chi connectivity index (χ2n) is 4.53. The molecule has 0 aromatic rings. The first-order chi connectivity index (χ1) is 7.75. The molecule has 0 bridgehead atoms. The summed E-state index contributed by atoms with van der Waals surface area (Å²) in [5.41, 5.74) is 0. The van der Waals surface area contributed by atoms with Gasteiger partial charge in [-0.15, -0.1) is 0 Å². The molecule has 0 aromatic heterocycles. The smallest absolute Gasteiger partial charge is 0.223 e. The molecule has 1 aliphatic heterocycles. The van der Waals surface area contributed by atoms with Crippen LogP contribution in [-0.4, -0.2) is 24.4 Å². The fourth-order valence-corrected chi connectivity index (χ4v) is 2.21. The standard InChI is InChI=1S/C12H18N2O2/c15-11-7-6-10(8-13-11)14-12(16)9-4-2-1-3-5-9/h1-2,9-10H,3-8H2,(H,13,15)(H,14,16). The molecule has 2 rings (SSSR count). The van der Waals surface area contributed by atoms with E-state index in [1.54, 1.807) is 0 Å². The quantitative estimate of drug-likeness (QED) is 0.677. The summed E-state index contributed by atoms with van der Waals surface area (Å²) < 4.78 is 0. The third-order valence-electron chi connectivity index (χ3n) is 3.25. The zero-order valence-corrected chi connectivity index (χ0v) is 9.37. The second kappa shape index (κ2) is 5.14. The molecule has 1 aliphatic carbocycles. The summed E-state index contributed by atoms with van der Waals surface area (Å²) in [6.07, 6.45) is 8.29. The molecular formula is C12H18N2O2. The average molecular weight is 222 g/mol. The van der Waals surface area contributed by atoms with E-state index in [0.29, 0.717) is 13.0 Å². The summed E-state index contributed by atoms with van der Waals surface area (Å²) in [5, 5.41) is 5.79. The molecule has 4 heteroatoms. The SMILES string of the molecule is O=C1CCC(NC(=O)C2CC=CCC2)CN1. The van der Waals surface area contributed by atoms with Crippen LogP contribution >= 0.6 is 0 Å². The number of rotatable bonds is 2. The van der Waals surface area contributed by atoms with Gasteiger partial charge in [-0.1, -0.05) is 12.2 Å². The second-order valence-corrected chi connectivity index (χ2v) is 4.53. The van der Waals surface area contributed by atoms with Crippen LogP contribution in [0.25, 0.3) is 0 Å². The Kier molecular flexibility index (Phi) is 3.59. The number of hydrogen-bond donors (Lipinski definition) is 2. The molecular weight excluding hydrogens is 204 g/mol. The summed E-state index contributed by atoms with van der Waals surface area (Å²) in [5.74, 6) is 0.360. The zero-order chi connectivity index (χ0) is 11.4. The van der Waals surface area contributed by atoms with Crippen molar-refractivity contribution in [1.29, 1.82) is 0 Å². The normalized spacial score (nSPS) is 29.6. The van der Waals surface area contributed by atoms with Crippen molar-refractivity contribution in [2.75, 3.05) is 6.54 Å². The lowest BCUT2D eigenvalue weighted by Crippen LogP contribution is -2.49.